The van der Waals surface area contributed by atoms with Gasteiger partial charge in [-0.05, 0) is 67.0 Å². The third-order valence-corrected chi connectivity index (χ3v) is 6.52. The summed E-state index contributed by atoms with van der Waals surface area (Å²) < 4.78 is 20.0. The molecule has 0 aliphatic heterocycles. The maximum absolute atomic E-state index is 14.6. The highest BCUT2D eigenvalue weighted by Crippen LogP contribution is 2.47. The van der Waals surface area contributed by atoms with Crippen molar-refractivity contribution >= 4 is 46.0 Å². The molecule has 1 aromatic heterocycles. The Morgan fingerprint density at radius 1 is 1.44 bits per heavy atom. The Hall–Kier alpha value is -1.14. The molecule has 0 amide bonds. The molecule has 8 heteroatoms. The van der Waals surface area contributed by atoms with E-state index in [1.54, 1.807) is 29.5 Å². The van der Waals surface area contributed by atoms with Gasteiger partial charge >= 0.3 is 5.97 Å². The maximum Gasteiger partial charge on any atom is 0.311 e. The molecule has 25 heavy (non-hydrogen) atoms. The summed E-state index contributed by atoms with van der Waals surface area (Å²) in [5.74, 6) is -0.624. The lowest BCUT2D eigenvalue weighted by Gasteiger charge is -2.47. The third kappa shape index (κ3) is 3.43. The Bertz CT molecular complexity index is 732. The van der Waals surface area contributed by atoms with Crippen molar-refractivity contribution in [2.24, 2.45) is 17.8 Å². The van der Waals surface area contributed by atoms with Crippen LogP contribution in [0, 0.1) is 38.5 Å². The molecule has 3 aliphatic rings. The standard InChI is InChI=1S/C17H18ClFIN3O2/c1-2-25-17(24)11-8-3-5-9(6-4-8)14(11)22-16-12(19)13(20)10(7-21)15(18)23-16/h8-9,11,14H,2-6H2,1H3,(H,22,23)/t8?,9?,11-,14-/m0/s1. The molecule has 134 valence electrons. The summed E-state index contributed by atoms with van der Waals surface area (Å²) in [5.41, 5.74) is 0.0254. The number of nitriles is 1. The molecular weight excluding hydrogens is 460 g/mol. The van der Waals surface area contributed by atoms with Gasteiger partial charge in [0.05, 0.1) is 16.1 Å². The zero-order valence-corrected chi connectivity index (χ0v) is 16.6. The number of pyridine rings is 1. The number of fused-ring (bicyclic) bond motifs is 3. The van der Waals surface area contributed by atoms with Crippen molar-refractivity contribution in [1.29, 1.82) is 5.26 Å². The van der Waals surface area contributed by atoms with E-state index >= 15 is 0 Å². The van der Waals surface area contributed by atoms with Crippen molar-refractivity contribution in [2.45, 2.75) is 38.6 Å². The number of anilines is 1. The maximum atomic E-state index is 14.6. The number of aromatic nitrogens is 1. The first-order chi connectivity index (χ1) is 12.0. The summed E-state index contributed by atoms with van der Waals surface area (Å²) in [6.07, 6.45) is 3.99. The molecule has 0 unspecified atom stereocenters. The van der Waals surface area contributed by atoms with Gasteiger partial charge in [0, 0.05) is 6.04 Å². The lowest BCUT2D eigenvalue weighted by Crippen LogP contribution is -2.52. The summed E-state index contributed by atoms with van der Waals surface area (Å²) >= 11 is 7.77. The summed E-state index contributed by atoms with van der Waals surface area (Å²) in [6, 6.07) is 1.63. The SMILES string of the molecule is CCOC(=O)[C@H]1C2CCC(CC2)[C@@H]1Nc1nc(Cl)c(C#N)c(I)c1F. The van der Waals surface area contributed by atoms with Crippen LogP contribution in [0.3, 0.4) is 0 Å². The van der Waals surface area contributed by atoms with Gasteiger partial charge in [0.1, 0.15) is 11.6 Å². The molecule has 2 atom stereocenters. The van der Waals surface area contributed by atoms with Gasteiger partial charge in [0.25, 0.3) is 0 Å². The topological polar surface area (TPSA) is 75.0 Å². The predicted octanol–water partition coefficient (Wildman–Crippen LogP) is 4.13. The highest BCUT2D eigenvalue weighted by Gasteiger charge is 2.48. The minimum Gasteiger partial charge on any atom is -0.466 e. The van der Waals surface area contributed by atoms with Gasteiger partial charge in [0.15, 0.2) is 16.8 Å². The molecule has 1 N–H and O–H groups in total. The molecule has 0 saturated heterocycles. The van der Waals surface area contributed by atoms with Crippen molar-refractivity contribution in [1.82, 2.24) is 4.98 Å². The lowest BCUT2D eigenvalue weighted by atomic mass is 9.61. The van der Waals surface area contributed by atoms with E-state index in [1.165, 1.54) is 0 Å². The first-order valence-corrected chi connectivity index (χ1v) is 9.81. The molecular formula is C17H18ClFIN3O2. The lowest BCUT2D eigenvalue weighted by molar-refractivity contribution is -0.154. The van der Waals surface area contributed by atoms with E-state index in [1.807, 2.05) is 6.07 Å². The number of rotatable bonds is 4. The van der Waals surface area contributed by atoms with Gasteiger partial charge < -0.3 is 10.1 Å². The number of carbonyl (C=O) groups excluding carboxylic acids is 1. The molecule has 0 radical (unpaired) electrons. The van der Waals surface area contributed by atoms with Crippen LogP contribution in [-0.4, -0.2) is 23.6 Å². The quantitative estimate of drug-likeness (QED) is 0.401. The number of hydrogen-bond donors (Lipinski definition) is 1. The fraction of sp³-hybridized carbons (Fsp3) is 0.588. The van der Waals surface area contributed by atoms with E-state index in [2.05, 4.69) is 10.3 Å². The van der Waals surface area contributed by atoms with Crippen LogP contribution in [0.2, 0.25) is 5.15 Å². The Morgan fingerprint density at radius 3 is 2.68 bits per heavy atom. The highest BCUT2D eigenvalue weighted by atomic mass is 127. The number of nitrogens with one attached hydrogen (secondary N) is 1. The fourth-order valence-electron chi connectivity index (χ4n) is 4.09. The molecule has 4 rings (SSSR count). The van der Waals surface area contributed by atoms with Gasteiger partial charge in [-0.3, -0.25) is 4.79 Å². The van der Waals surface area contributed by atoms with Gasteiger partial charge in [-0.1, -0.05) is 11.6 Å². The third-order valence-electron chi connectivity index (χ3n) is 5.23. The van der Waals surface area contributed by atoms with Gasteiger partial charge in [0.2, 0.25) is 0 Å². The predicted molar refractivity (Wildman–Crippen MR) is 99.6 cm³/mol. The minimum absolute atomic E-state index is 0.000230. The number of carbonyl (C=O) groups is 1. The molecule has 0 aromatic carbocycles. The van der Waals surface area contributed by atoms with E-state index in [4.69, 9.17) is 21.6 Å². The van der Waals surface area contributed by atoms with Crippen molar-refractivity contribution in [2.75, 3.05) is 11.9 Å². The van der Waals surface area contributed by atoms with Crippen LogP contribution in [0.15, 0.2) is 0 Å². The summed E-state index contributed by atoms with van der Waals surface area (Å²) in [4.78, 5) is 16.5. The Balaban J connectivity index is 1.93. The number of ether oxygens (including phenoxy) is 1. The van der Waals surface area contributed by atoms with Crippen molar-refractivity contribution in [3.63, 3.8) is 0 Å². The molecule has 3 fully saturated rings. The Kier molecular flexibility index (Phi) is 5.68. The number of esters is 1. The van der Waals surface area contributed by atoms with E-state index in [9.17, 15) is 9.18 Å². The van der Waals surface area contributed by atoms with E-state index in [0.29, 0.717) is 6.61 Å². The van der Waals surface area contributed by atoms with E-state index in [-0.39, 0.29) is 49.9 Å². The first-order valence-electron chi connectivity index (χ1n) is 8.35. The molecule has 3 aliphatic carbocycles. The van der Waals surface area contributed by atoms with Gasteiger partial charge in [-0.15, -0.1) is 0 Å². The van der Waals surface area contributed by atoms with Gasteiger partial charge in [-0.2, -0.15) is 5.26 Å². The molecule has 2 bridgehead atoms. The zero-order valence-electron chi connectivity index (χ0n) is 13.7. The summed E-state index contributed by atoms with van der Waals surface area (Å²) in [7, 11) is 0. The second-order valence-electron chi connectivity index (χ2n) is 6.49. The normalized spacial score (nSPS) is 27.6. The van der Waals surface area contributed by atoms with Gasteiger partial charge in [-0.25, -0.2) is 9.37 Å². The molecule has 1 heterocycles. The summed E-state index contributed by atoms with van der Waals surface area (Å²) in [6.45, 7) is 2.11. The van der Waals surface area contributed by atoms with Crippen LogP contribution < -0.4 is 5.32 Å². The second kappa shape index (κ2) is 7.62. The smallest absolute Gasteiger partial charge is 0.311 e. The number of halogens is 3. The molecule has 5 nitrogen and oxygen atoms in total. The zero-order chi connectivity index (χ0) is 18.1. The van der Waals surface area contributed by atoms with Crippen LogP contribution in [0.1, 0.15) is 38.2 Å². The Morgan fingerprint density at radius 2 is 2.08 bits per heavy atom. The Labute approximate surface area is 164 Å². The molecule has 0 spiro atoms. The van der Waals surface area contributed by atoms with Crippen LogP contribution in [0.25, 0.3) is 0 Å². The van der Waals surface area contributed by atoms with Crippen molar-refractivity contribution in [3.05, 3.63) is 20.1 Å². The van der Waals surface area contributed by atoms with Crippen LogP contribution in [0.4, 0.5) is 10.2 Å². The largest absolute Gasteiger partial charge is 0.466 e. The van der Waals surface area contributed by atoms with Crippen molar-refractivity contribution in [3.8, 4) is 6.07 Å². The van der Waals surface area contributed by atoms with Crippen molar-refractivity contribution < 1.29 is 13.9 Å². The molecule has 3 saturated carbocycles. The average Bonchev–Trinajstić information content (AvgIpc) is 2.61. The van der Waals surface area contributed by atoms with Crippen LogP contribution in [-0.2, 0) is 9.53 Å². The molecule has 1 aromatic rings. The summed E-state index contributed by atoms with van der Waals surface area (Å²) in [5, 5.41) is 12.1. The fourth-order valence-corrected chi connectivity index (χ4v) is 5.10. The van der Waals surface area contributed by atoms with E-state index < -0.39 is 5.82 Å². The van der Waals surface area contributed by atoms with Crippen LogP contribution in [0.5, 0.6) is 0 Å². The second-order valence-corrected chi connectivity index (χ2v) is 7.93. The number of hydrogen-bond acceptors (Lipinski definition) is 5. The number of nitrogens with zero attached hydrogens (tertiary/aromatic N) is 2. The van der Waals surface area contributed by atoms with E-state index in [0.717, 1.165) is 25.7 Å². The highest BCUT2D eigenvalue weighted by molar-refractivity contribution is 14.1. The first kappa shape index (κ1) is 18.6. The average molecular weight is 478 g/mol. The minimum atomic E-state index is -0.606. The monoisotopic (exact) mass is 477 g/mol. The van der Waals surface area contributed by atoms with Crippen LogP contribution >= 0.6 is 34.2 Å².